The summed E-state index contributed by atoms with van der Waals surface area (Å²) in [6.07, 6.45) is 4.43. The molecule has 0 saturated heterocycles. The Morgan fingerprint density at radius 3 is 2.76 bits per heavy atom. The fraction of sp³-hybridized carbons (Fsp3) is 0.312. The molecule has 4 nitrogen and oxygen atoms in total. The van der Waals surface area contributed by atoms with Gasteiger partial charge in [0.15, 0.2) is 11.0 Å². The molecule has 0 aliphatic rings. The second kappa shape index (κ2) is 8.28. The average molecular weight is 298 g/mol. The van der Waals surface area contributed by atoms with Gasteiger partial charge in [-0.2, -0.15) is 5.26 Å². The van der Waals surface area contributed by atoms with Gasteiger partial charge in [-0.1, -0.05) is 48.2 Å². The third kappa shape index (κ3) is 4.20. The molecule has 2 aromatic rings. The minimum absolute atomic E-state index is 0.620. The number of hydrogen-bond acceptors (Lipinski definition) is 4. The number of allylic oxidation sites excluding steroid dienone is 1. The molecule has 0 unspecified atom stereocenters. The first kappa shape index (κ1) is 15.3. The van der Waals surface area contributed by atoms with E-state index in [4.69, 9.17) is 5.26 Å². The van der Waals surface area contributed by atoms with Crippen LogP contribution in [-0.4, -0.2) is 20.5 Å². The highest BCUT2D eigenvalue weighted by Gasteiger charge is 2.12. The molecule has 0 amide bonds. The molecule has 0 fully saturated rings. The van der Waals surface area contributed by atoms with Gasteiger partial charge in [0.05, 0.1) is 6.07 Å². The molecule has 2 rings (SSSR count). The van der Waals surface area contributed by atoms with E-state index < -0.39 is 0 Å². The molecule has 0 N–H and O–H groups in total. The van der Waals surface area contributed by atoms with Crippen LogP contribution in [0.2, 0.25) is 0 Å². The highest BCUT2D eigenvalue weighted by molar-refractivity contribution is 7.99. The van der Waals surface area contributed by atoms with Crippen LogP contribution in [0.25, 0.3) is 11.4 Å². The van der Waals surface area contributed by atoms with Crippen molar-refractivity contribution in [1.29, 1.82) is 5.26 Å². The van der Waals surface area contributed by atoms with Crippen molar-refractivity contribution in [2.75, 3.05) is 5.75 Å². The summed E-state index contributed by atoms with van der Waals surface area (Å²) in [5.41, 5.74) is 1.06. The van der Waals surface area contributed by atoms with Crippen molar-refractivity contribution < 1.29 is 0 Å². The van der Waals surface area contributed by atoms with Crippen LogP contribution >= 0.6 is 11.8 Å². The number of hydrogen-bond donors (Lipinski definition) is 0. The SMILES string of the molecule is C=CCn1c(SCCCCC#N)nnc1-c1ccccc1. The maximum Gasteiger partial charge on any atom is 0.191 e. The van der Waals surface area contributed by atoms with Crippen LogP contribution in [0.1, 0.15) is 19.3 Å². The summed E-state index contributed by atoms with van der Waals surface area (Å²) in [6, 6.07) is 12.2. The molecule has 108 valence electrons. The largest absolute Gasteiger partial charge is 0.298 e. The first-order valence-corrected chi connectivity index (χ1v) is 7.94. The van der Waals surface area contributed by atoms with Crippen molar-refractivity contribution >= 4 is 11.8 Å². The minimum Gasteiger partial charge on any atom is -0.298 e. The van der Waals surface area contributed by atoms with Gasteiger partial charge >= 0.3 is 0 Å². The number of nitriles is 1. The zero-order valence-corrected chi connectivity index (χ0v) is 12.7. The third-order valence-electron chi connectivity index (χ3n) is 2.97. The number of thioether (sulfide) groups is 1. The van der Waals surface area contributed by atoms with Crippen LogP contribution in [0.4, 0.5) is 0 Å². The number of nitrogens with zero attached hydrogens (tertiary/aromatic N) is 4. The number of unbranched alkanes of at least 4 members (excludes halogenated alkanes) is 2. The van der Waals surface area contributed by atoms with E-state index in [-0.39, 0.29) is 0 Å². The van der Waals surface area contributed by atoms with Crippen molar-refractivity contribution in [2.45, 2.75) is 31.0 Å². The van der Waals surface area contributed by atoms with Crippen LogP contribution in [0.15, 0.2) is 48.1 Å². The summed E-state index contributed by atoms with van der Waals surface area (Å²) in [6.45, 7) is 4.50. The van der Waals surface area contributed by atoms with E-state index in [1.807, 2.05) is 36.4 Å². The van der Waals surface area contributed by atoms with E-state index in [1.165, 1.54) is 0 Å². The zero-order valence-electron chi connectivity index (χ0n) is 11.9. The van der Waals surface area contributed by atoms with E-state index in [2.05, 4.69) is 27.4 Å². The molecular formula is C16H18N4S. The Kier molecular flexibility index (Phi) is 6.04. The molecule has 0 saturated carbocycles. The molecule has 1 aromatic heterocycles. The molecule has 0 bridgehead atoms. The average Bonchev–Trinajstić information content (AvgIpc) is 2.91. The van der Waals surface area contributed by atoms with Crippen molar-refractivity contribution in [3.8, 4) is 17.5 Å². The second-order valence-electron chi connectivity index (χ2n) is 4.54. The molecule has 1 aromatic carbocycles. The molecule has 0 aliphatic heterocycles. The van der Waals surface area contributed by atoms with Crippen molar-refractivity contribution in [1.82, 2.24) is 14.8 Å². The smallest absolute Gasteiger partial charge is 0.191 e. The van der Waals surface area contributed by atoms with Gasteiger partial charge in [-0.25, -0.2) is 0 Å². The van der Waals surface area contributed by atoms with Gasteiger partial charge in [-0.15, -0.1) is 16.8 Å². The van der Waals surface area contributed by atoms with E-state index >= 15 is 0 Å². The first-order chi connectivity index (χ1) is 10.4. The lowest BCUT2D eigenvalue weighted by Crippen LogP contribution is -2.00. The molecule has 5 heteroatoms. The molecule has 0 spiro atoms. The van der Waals surface area contributed by atoms with Gasteiger partial charge in [0.25, 0.3) is 0 Å². The van der Waals surface area contributed by atoms with Gasteiger partial charge in [0.1, 0.15) is 0 Å². The molecule has 0 aliphatic carbocycles. The van der Waals surface area contributed by atoms with E-state index in [0.717, 1.165) is 35.1 Å². The van der Waals surface area contributed by atoms with Crippen LogP contribution in [-0.2, 0) is 6.54 Å². The fourth-order valence-electron chi connectivity index (χ4n) is 1.96. The zero-order chi connectivity index (χ0) is 14.9. The number of rotatable bonds is 8. The van der Waals surface area contributed by atoms with Gasteiger partial charge in [0.2, 0.25) is 0 Å². The van der Waals surface area contributed by atoms with Gasteiger partial charge < -0.3 is 0 Å². The summed E-state index contributed by atoms with van der Waals surface area (Å²) < 4.78 is 2.08. The summed E-state index contributed by atoms with van der Waals surface area (Å²) in [5.74, 6) is 1.82. The monoisotopic (exact) mass is 298 g/mol. The Bertz CT molecular complexity index is 613. The quantitative estimate of drug-likeness (QED) is 0.421. The van der Waals surface area contributed by atoms with E-state index in [0.29, 0.717) is 13.0 Å². The Balaban J connectivity index is 2.10. The van der Waals surface area contributed by atoms with Crippen molar-refractivity contribution in [3.05, 3.63) is 43.0 Å². The van der Waals surface area contributed by atoms with Crippen LogP contribution in [0, 0.1) is 11.3 Å². The second-order valence-corrected chi connectivity index (χ2v) is 5.60. The molecule has 21 heavy (non-hydrogen) atoms. The predicted octanol–water partition coefficient (Wildman–Crippen LogP) is 3.92. The predicted molar refractivity (Wildman–Crippen MR) is 85.8 cm³/mol. The normalized spacial score (nSPS) is 10.2. The Morgan fingerprint density at radius 2 is 2.05 bits per heavy atom. The molecule has 0 atom stereocenters. The van der Waals surface area contributed by atoms with Crippen molar-refractivity contribution in [2.24, 2.45) is 0 Å². The summed E-state index contributed by atoms with van der Waals surface area (Å²) in [4.78, 5) is 0. The van der Waals surface area contributed by atoms with Crippen LogP contribution in [0.5, 0.6) is 0 Å². The molecular weight excluding hydrogens is 280 g/mol. The van der Waals surface area contributed by atoms with Gasteiger partial charge in [0, 0.05) is 24.3 Å². The summed E-state index contributed by atoms with van der Waals surface area (Å²) >= 11 is 1.69. The summed E-state index contributed by atoms with van der Waals surface area (Å²) in [7, 11) is 0. The summed E-state index contributed by atoms with van der Waals surface area (Å²) in [5, 5.41) is 18.0. The first-order valence-electron chi connectivity index (χ1n) is 6.96. The maximum absolute atomic E-state index is 8.53. The van der Waals surface area contributed by atoms with Gasteiger partial charge in [-0.05, 0) is 12.8 Å². The van der Waals surface area contributed by atoms with E-state index in [1.54, 1.807) is 11.8 Å². The third-order valence-corrected chi connectivity index (χ3v) is 4.03. The lowest BCUT2D eigenvalue weighted by molar-refractivity contribution is 0.729. The van der Waals surface area contributed by atoms with Gasteiger partial charge in [-0.3, -0.25) is 4.57 Å². The number of aromatic nitrogens is 3. The maximum atomic E-state index is 8.53. The number of benzene rings is 1. The molecule has 0 radical (unpaired) electrons. The molecule has 1 heterocycles. The topological polar surface area (TPSA) is 54.5 Å². The van der Waals surface area contributed by atoms with Crippen LogP contribution < -0.4 is 0 Å². The standard InChI is InChI=1S/C16H18N4S/c1-2-12-20-15(14-9-5-3-6-10-14)18-19-16(20)21-13-8-4-7-11-17/h2-3,5-6,9-10H,1,4,7-8,12-13H2. The Hall–Kier alpha value is -2.06. The van der Waals surface area contributed by atoms with E-state index in [9.17, 15) is 0 Å². The Morgan fingerprint density at radius 1 is 1.24 bits per heavy atom. The van der Waals surface area contributed by atoms with Crippen molar-refractivity contribution in [3.63, 3.8) is 0 Å². The fourth-order valence-corrected chi connectivity index (χ4v) is 2.91. The lowest BCUT2D eigenvalue weighted by atomic mass is 10.2. The minimum atomic E-state index is 0.620. The van der Waals surface area contributed by atoms with Crippen LogP contribution in [0.3, 0.4) is 0 Å². The highest BCUT2D eigenvalue weighted by Crippen LogP contribution is 2.24. The lowest BCUT2D eigenvalue weighted by Gasteiger charge is -2.07. The Labute approximate surface area is 129 Å². The highest BCUT2D eigenvalue weighted by atomic mass is 32.2.